The van der Waals surface area contributed by atoms with Gasteiger partial charge in [0.2, 0.25) is 0 Å². The average molecular weight is 297 g/mol. The van der Waals surface area contributed by atoms with E-state index in [0.29, 0.717) is 0 Å². The number of Topliss-reactive ketones (excluding diaryl/α,β-unsaturated/α-hetero) is 2. The quantitative estimate of drug-likeness (QED) is 0.474. The van der Waals surface area contributed by atoms with Gasteiger partial charge in [-0.3, -0.25) is 19.7 Å². The second-order valence-electron chi connectivity index (χ2n) is 5.20. The summed E-state index contributed by atoms with van der Waals surface area (Å²) < 4.78 is 0. The molecule has 1 aliphatic rings. The minimum atomic E-state index is -1.91. The molecule has 1 atom stereocenters. The van der Waals surface area contributed by atoms with Crippen molar-refractivity contribution < 1.29 is 14.5 Å². The molecule has 7 nitrogen and oxygen atoms in total. The Hall–Kier alpha value is -3.06. The average Bonchev–Trinajstić information content (AvgIpc) is 3.12. The van der Waals surface area contributed by atoms with Crippen LogP contribution in [0, 0.1) is 43.6 Å². The molecular formula is C15H11N3O4. The Morgan fingerprint density at radius 2 is 1.68 bits per heavy atom. The number of carbonyl (C=O) groups excluding carboxylic acids is 2. The van der Waals surface area contributed by atoms with Crippen LogP contribution in [0.5, 0.6) is 0 Å². The Morgan fingerprint density at radius 3 is 2.05 bits per heavy atom. The third-order valence-corrected chi connectivity index (χ3v) is 4.31. The van der Waals surface area contributed by atoms with Crippen molar-refractivity contribution in [3.8, 4) is 12.1 Å². The first kappa shape index (κ1) is 15.3. The van der Waals surface area contributed by atoms with E-state index in [1.54, 1.807) is 12.1 Å². The number of ketones is 2. The van der Waals surface area contributed by atoms with Crippen molar-refractivity contribution >= 4 is 17.3 Å². The van der Waals surface area contributed by atoms with E-state index in [9.17, 15) is 30.2 Å². The van der Waals surface area contributed by atoms with Crippen molar-refractivity contribution in [2.45, 2.75) is 19.8 Å². The molecule has 1 saturated carbocycles. The van der Waals surface area contributed by atoms with E-state index in [1.165, 1.54) is 24.3 Å². The molecule has 2 rings (SSSR count). The van der Waals surface area contributed by atoms with Gasteiger partial charge in [-0.25, -0.2) is 0 Å². The van der Waals surface area contributed by atoms with Crippen LogP contribution in [0.25, 0.3) is 0 Å². The van der Waals surface area contributed by atoms with Gasteiger partial charge in [0, 0.05) is 17.5 Å². The highest BCUT2D eigenvalue weighted by atomic mass is 16.6. The fraction of sp³-hybridized carbons (Fsp3) is 0.333. The van der Waals surface area contributed by atoms with Gasteiger partial charge < -0.3 is 0 Å². The van der Waals surface area contributed by atoms with E-state index in [2.05, 4.69) is 0 Å². The number of nitro groups is 1. The van der Waals surface area contributed by atoms with E-state index in [0.717, 1.165) is 13.8 Å². The molecular weight excluding hydrogens is 286 g/mol. The maximum atomic E-state index is 12.1. The molecule has 0 N–H and O–H groups in total. The molecule has 110 valence electrons. The van der Waals surface area contributed by atoms with Gasteiger partial charge in [-0.15, -0.1) is 0 Å². The highest BCUT2D eigenvalue weighted by Crippen LogP contribution is 2.75. The zero-order chi connectivity index (χ0) is 16.7. The van der Waals surface area contributed by atoms with Crippen LogP contribution in [-0.2, 0) is 9.59 Å². The monoisotopic (exact) mass is 297 g/mol. The number of benzene rings is 1. The minimum absolute atomic E-state index is 0.0565. The Bertz CT molecular complexity index is 757. The third kappa shape index (κ3) is 1.54. The summed E-state index contributed by atoms with van der Waals surface area (Å²) in [4.78, 5) is 34.7. The SMILES string of the molecule is CC(=O)C1(C(C)=O)[C@@H](c2ccccc2[N+](=O)[O-])C1(C#N)C#N. The molecule has 0 bridgehead atoms. The molecule has 0 aromatic heterocycles. The summed E-state index contributed by atoms with van der Waals surface area (Å²) in [5.74, 6) is -2.40. The summed E-state index contributed by atoms with van der Waals surface area (Å²) in [6, 6.07) is 9.03. The Kier molecular flexibility index (Phi) is 3.31. The van der Waals surface area contributed by atoms with Crippen LogP contribution in [0.4, 0.5) is 5.69 Å². The maximum Gasteiger partial charge on any atom is 0.273 e. The lowest BCUT2D eigenvalue weighted by atomic mass is 9.87. The smallest absolute Gasteiger partial charge is 0.273 e. The summed E-state index contributed by atoms with van der Waals surface area (Å²) in [5, 5.41) is 30.0. The molecule has 0 saturated heterocycles. The van der Waals surface area contributed by atoms with E-state index < -0.39 is 33.2 Å². The second kappa shape index (κ2) is 4.74. The molecule has 1 aliphatic carbocycles. The summed E-state index contributed by atoms with van der Waals surface area (Å²) >= 11 is 0. The highest BCUT2D eigenvalue weighted by Gasteiger charge is 2.85. The number of rotatable bonds is 4. The molecule has 0 unspecified atom stereocenters. The molecule has 1 fully saturated rings. The summed E-state index contributed by atoms with van der Waals surface area (Å²) in [5.41, 5.74) is -4.01. The first-order valence-corrected chi connectivity index (χ1v) is 6.39. The van der Waals surface area contributed by atoms with Gasteiger partial charge in [0.05, 0.1) is 17.1 Å². The fourth-order valence-corrected chi connectivity index (χ4v) is 3.38. The highest BCUT2D eigenvalue weighted by molar-refractivity contribution is 6.13. The van der Waals surface area contributed by atoms with Gasteiger partial charge in [-0.2, -0.15) is 10.5 Å². The van der Waals surface area contributed by atoms with E-state index in [1.807, 2.05) is 0 Å². The summed E-state index contributed by atoms with van der Waals surface area (Å²) in [6.45, 7) is 2.25. The van der Waals surface area contributed by atoms with Gasteiger partial charge in [-0.05, 0) is 13.8 Å². The Morgan fingerprint density at radius 1 is 1.18 bits per heavy atom. The number of nitrogens with zero attached hydrogens (tertiary/aromatic N) is 3. The van der Waals surface area contributed by atoms with Gasteiger partial charge in [-0.1, -0.05) is 18.2 Å². The summed E-state index contributed by atoms with van der Waals surface area (Å²) in [7, 11) is 0. The molecule has 0 radical (unpaired) electrons. The van der Waals surface area contributed by atoms with Crippen LogP contribution >= 0.6 is 0 Å². The molecule has 7 heteroatoms. The topological polar surface area (TPSA) is 125 Å². The van der Waals surface area contributed by atoms with Crippen molar-refractivity contribution in [3.05, 3.63) is 39.9 Å². The lowest BCUT2D eigenvalue weighted by Crippen LogP contribution is -2.28. The van der Waals surface area contributed by atoms with Crippen LogP contribution in [0.15, 0.2) is 24.3 Å². The van der Waals surface area contributed by atoms with Crippen LogP contribution < -0.4 is 0 Å². The van der Waals surface area contributed by atoms with Crippen LogP contribution in [-0.4, -0.2) is 16.5 Å². The lowest BCUT2D eigenvalue weighted by molar-refractivity contribution is -0.385. The lowest BCUT2D eigenvalue weighted by Gasteiger charge is -2.10. The molecule has 0 amide bonds. The van der Waals surface area contributed by atoms with Crippen molar-refractivity contribution in [3.63, 3.8) is 0 Å². The predicted molar refractivity (Wildman–Crippen MR) is 73.3 cm³/mol. The normalized spacial score (nSPS) is 20.3. The van der Waals surface area contributed by atoms with Crippen LogP contribution in [0.1, 0.15) is 25.3 Å². The zero-order valence-corrected chi connectivity index (χ0v) is 11.9. The van der Waals surface area contributed by atoms with Crippen LogP contribution in [0.3, 0.4) is 0 Å². The first-order chi connectivity index (χ1) is 10.3. The second-order valence-corrected chi connectivity index (χ2v) is 5.20. The maximum absolute atomic E-state index is 12.1. The fourth-order valence-electron chi connectivity index (χ4n) is 3.38. The molecule has 0 spiro atoms. The Labute approximate surface area is 125 Å². The summed E-state index contributed by atoms with van der Waals surface area (Å²) in [6.07, 6.45) is 0. The van der Waals surface area contributed by atoms with Gasteiger partial charge in [0.1, 0.15) is 17.0 Å². The predicted octanol–water partition coefficient (Wildman–Crippen LogP) is 1.89. The van der Waals surface area contributed by atoms with E-state index in [-0.39, 0.29) is 11.3 Å². The number of nitro benzene ring substituents is 1. The minimum Gasteiger partial charge on any atom is -0.299 e. The largest absolute Gasteiger partial charge is 0.299 e. The first-order valence-electron chi connectivity index (χ1n) is 6.39. The van der Waals surface area contributed by atoms with Gasteiger partial charge in [0.15, 0.2) is 5.41 Å². The van der Waals surface area contributed by atoms with Crippen molar-refractivity contribution in [2.75, 3.05) is 0 Å². The van der Waals surface area contributed by atoms with Gasteiger partial charge in [0.25, 0.3) is 5.69 Å². The number of para-hydroxylation sites is 1. The zero-order valence-electron chi connectivity index (χ0n) is 11.9. The molecule has 0 aliphatic heterocycles. The number of hydrogen-bond donors (Lipinski definition) is 0. The number of carbonyl (C=O) groups is 2. The van der Waals surface area contributed by atoms with Gasteiger partial charge >= 0.3 is 0 Å². The Balaban J connectivity index is 2.79. The molecule has 1 aromatic carbocycles. The number of hydrogen-bond acceptors (Lipinski definition) is 6. The van der Waals surface area contributed by atoms with Crippen molar-refractivity contribution in [1.82, 2.24) is 0 Å². The van der Waals surface area contributed by atoms with Crippen molar-refractivity contribution in [1.29, 1.82) is 10.5 Å². The molecule has 1 aromatic rings. The number of nitriles is 2. The van der Waals surface area contributed by atoms with E-state index in [4.69, 9.17) is 0 Å². The molecule has 0 heterocycles. The van der Waals surface area contributed by atoms with E-state index >= 15 is 0 Å². The van der Waals surface area contributed by atoms with Crippen molar-refractivity contribution in [2.24, 2.45) is 10.8 Å². The van der Waals surface area contributed by atoms with Crippen LogP contribution in [0.2, 0.25) is 0 Å². The molecule has 22 heavy (non-hydrogen) atoms. The standard InChI is InChI=1S/C15H11N3O4/c1-9(19)15(10(2)20)13(14(15,7-16)8-17)11-5-3-4-6-12(11)18(21)22/h3-6,13H,1-2H3/t13-/m0/s1. The third-order valence-electron chi connectivity index (χ3n) is 4.31.